The quantitative estimate of drug-likeness (QED) is 0.723. The molecule has 3 aliphatic rings. The van der Waals surface area contributed by atoms with E-state index in [2.05, 4.69) is 26.9 Å². The fourth-order valence-electron chi connectivity index (χ4n) is 5.04. The lowest BCUT2D eigenvalue weighted by Crippen LogP contribution is -2.50. The Morgan fingerprint density at radius 2 is 1.81 bits per heavy atom. The van der Waals surface area contributed by atoms with Crippen molar-refractivity contribution in [3.8, 4) is 0 Å². The van der Waals surface area contributed by atoms with E-state index >= 15 is 0 Å². The van der Waals surface area contributed by atoms with Gasteiger partial charge in [0.1, 0.15) is 6.61 Å². The van der Waals surface area contributed by atoms with Crippen molar-refractivity contribution >= 4 is 22.5 Å². The van der Waals surface area contributed by atoms with E-state index < -0.39 is 0 Å². The summed E-state index contributed by atoms with van der Waals surface area (Å²) >= 11 is 0. The standard InChI is InChI=1S/C23H31N5O3/c29-22-16-31-14-13-27(22)12-9-25-7-10-26(11-8-25)19-5-6-20-21(15-19)24-17-28(23(20)30)18-3-1-2-4-18/h5-6,15,17-18H,1-4,7-14,16H2. The molecule has 8 heteroatoms. The van der Waals surface area contributed by atoms with Crippen LogP contribution in [0.25, 0.3) is 10.9 Å². The van der Waals surface area contributed by atoms with E-state index in [1.807, 2.05) is 15.5 Å². The number of amides is 1. The van der Waals surface area contributed by atoms with Crippen molar-refractivity contribution in [1.82, 2.24) is 19.4 Å². The zero-order chi connectivity index (χ0) is 21.2. The summed E-state index contributed by atoms with van der Waals surface area (Å²) < 4.78 is 7.04. The number of ether oxygens (including phenoxy) is 1. The van der Waals surface area contributed by atoms with Crippen LogP contribution in [0.3, 0.4) is 0 Å². The van der Waals surface area contributed by atoms with Gasteiger partial charge in [0.05, 0.1) is 23.8 Å². The first-order valence-corrected chi connectivity index (χ1v) is 11.5. The Labute approximate surface area is 182 Å². The van der Waals surface area contributed by atoms with Gasteiger partial charge in [-0.15, -0.1) is 0 Å². The van der Waals surface area contributed by atoms with Crippen LogP contribution in [0.4, 0.5) is 5.69 Å². The highest BCUT2D eigenvalue weighted by atomic mass is 16.5. The Morgan fingerprint density at radius 1 is 1.00 bits per heavy atom. The minimum atomic E-state index is 0.0888. The Balaban J connectivity index is 1.21. The van der Waals surface area contributed by atoms with Gasteiger partial charge in [-0.25, -0.2) is 4.98 Å². The first kappa shape index (κ1) is 20.5. The van der Waals surface area contributed by atoms with Gasteiger partial charge in [0.2, 0.25) is 5.91 Å². The molecule has 0 spiro atoms. The Hall–Kier alpha value is -2.45. The SMILES string of the molecule is O=C1COCCN1CCN1CCN(c2ccc3c(=O)n(C4CCCC4)cnc3c2)CC1. The van der Waals surface area contributed by atoms with Gasteiger partial charge in [-0.2, -0.15) is 0 Å². The number of aromatic nitrogens is 2. The highest BCUT2D eigenvalue weighted by Gasteiger charge is 2.23. The summed E-state index contributed by atoms with van der Waals surface area (Å²) in [5.74, 6) is 0.0977. The fourth-order valence-corrected chi connectivity index (χ4v) is 5.04. The first-order valence-electron chi connectivity index (χ1n) is 11.5. The van der Waals surface area contributed by atoms with Crippen molar-refractivity contribution in [2.24, 2.45) is 0 Å². The molecule has 8 nitrogen and oxygen atoms in total. The Morgan fingerprint density at radius 3 is 2.58 bits per heavy atom. The summed E-state index contributed by atoms with van der Waals surface area (Å²) in [4.78, 5) is 36.1. The lowest BCUT2D eigenvalue weighted by molar-refractivity contribution is -0.142. The van der Waals surface area contributed by atoms with Crippen molar-refractivity contribution in [2.45, 2.75) is 31.7 Å². The molecule has 1 aliphatic carbocycles. The van der Waals surface area contributed by atoms with Crippen molar-refractivity contribution in [2.75, 3.05) is 63.9 Å². The number of carbonyl (C=O) groups excluding carboxylic acids is 1. The third-order valence-corrected chi connectivity index (χ3v) is 6.99. The molecule has 0 bridgehead atoms. The van der Waals surface area contributed by atoms with Gasteiger partial charge < -0.3 is 14.5 Å². The number of morpholine rings is 1. The topological polar surface area (TPSA) is 70.9 Å². The van der Waals surface area contributed by atoms with Crippen LogP contribution in [0.2, 0.25) is 0 Å². The van der Waals surface area contributed by atoms with Gasteiger partial charge in [-0.05, 0) is 31.0 Å². The molecular formula is C23H31N5O3. The van der Waals surface area contributed by atoms with Crippen molar-refractivity contribution in [3.05, 3.63) is 34.9 Å². The fraction of sp³-hybridized carbons (Fsp3) is 0.609. The smallest absolute Gasteiger partial charge is 0.261 e. The number of hydrogen-bond acceptors (Lipinski definition) is 6. The highest BCUT2D eigenvalue weighted by molar-refractivity contribution is 5.81. The summed E-state index contributed by atoms with van der Waals surface area (Å²) in [5.41, 5.74) is 2.00. The maximum Gasteiger partial charge on any atom is 0.261 e. The molecule has 3 fully saturated rings. The molecule has 5 rings (SSSR count). The number of rotatable bonds is 5. The van der Waals surface area contributed by atoms with Gasteiger partial charge in [0, 0.05) is 57.5 Å². The number of benzene rings is 1. The van der Waals surface area contributed by atoms with Crippen LogP contribution >= 0.6 is 0 Å². The molecule has 166 valence electrons. The predicted octanol–water partition coefficient (Wildman–Crippen LogP) is 1.49. The van der Waals surface area contributed by atoms with Gasteiger partial charge in [0.25, 0.3) is 5.56 Å². The maximum atomic E-state index is 12.9. The number of hydrogen-bond donors (Lipinski definition) is 0. The predicted molar refractivity (Wildman–Crippen MR) is 120 cm³/mol. The Kier molecular flexibility index (Phi) is 5.91. The molecule has 3 heterocycles. The summed E-state index contributed by atoms with van der Waals surface area (Å²) in [6.07, 6.45) is 6.30. The monoisotopic (exact) mass is 425 g/mol. The second-order valence-electron chi connectivity index (χ2n) is 8.86. The molecular weight excluding hydrogens is 394 g/mol. The van der Waals surface area contributed by atoms with E-state index in [1.54, 1.807) is 6.33 Å². The Bertz CT molecular complexity index is 992. The molecule has 0 unspecified atom stereocenters. The number of fused-ring (bicyclic) bond motifs is 1. The summed E-state index contributed by atoms with van der Waals surface area (Å²) in [6.45, 7) is 7.03. The van der Waals surface area contributed by atoms with Crippen LogP contribution in [0, 0.1) is 0 Å². The van der Waals surface area contributed by atoms with Crippen molar-refractivity contribution < 1.29 is 9.53 Å². The summed E-state index contributed by atoms with van der Waals surface area (Å²) in [5, 5.41) is 0.715. The zero-order valence-electron chi connectivity index (χ0n) is 18.0. The second-order valence-corrected chi connectivity index (χ2v) is 8.86. The van der Waals surface area contributed by atoms with Crippen LogP contribution in [0.5, 0.6) is 0 Å². The van der Waals surface area contributed by atoms with E-state index in [-0.39, 0.29) is 18.1 Å². The summed E-state index contributed by atoms with van der Waals surface area (Å²) in [7, 11) is 0. The average Bonchev–Trinajstić information content (AvgIpc) is 3.34. The van der Waals surface area contributed by atoms with Gasteiger partial charge in [-0.1, -0.05) is 12.8 Å². The highest BCUT2D eigenvalue weighted by Crippen LogP contribution is 2.28. The van der Waals surface area contributed by atoms with E-state index in [4.69, 9.17) is 4.74 Å². The van der Waals surface area contributed by atoms with E-state index in [0.717, 1.165) is 63.3 Å². The van der Waals surface area contributed by atoms with Crippen LogP contribution in [-0.4, -0.2) is 84.3 Å². The number of piperazine rings is 1. The molecule has 1 amide bonds. The molecule has 1 saturated carbocycles. The largest absolute Gasteiger partial charge is 0.370 e. The zero-order valence-corrected chi connectivity index (χ0v) is 18.0. The molecule has 2 saturated heterocycles. The molecule has 31 heavy (non-hydrogen) atoms. The molecule has 0 radical (unpaired) electrons. The van der Waals surface area contributed by atoms with Crippen LogP contribution in [0.1, 0.15) is 31.7 Å². The number of carbonyl (C=O) groups is 1. The minimum absolute atomic E-state index is 0.0888. The average molecular weight is 426 g/mol. The van der Waals surface area contributed by atoms with Crippen LogP contribution in [0.15, 0.2) is 29.3 Å². The minimum Gasteiger partial charge on any atom is -0.370 e. The van der Waals surface area contributed by atoms with E-state index in [1.165, 1.54) is 12.8 Å². The molecule has 1 aromatic carbocycles. The molecule has 1 aromatic heterocycles. The molecule has 2 aromatic rings. The molecule has 0 atom stereocenters. The summed E-state index contributed by atoms with van der Waals surface area (Å²) in [6, 6.07) is 6.37. The van der Waals surface area contributed by atoms with Crippen molar-refractivity contribution in [1.29, 1.82) is 0 Å². The van der Waals surface area contributed by atoms with Gasteiger partial charge in [-0.3, -0.25) is 19.1 Å². The van der Waals surface area contributed by atoms with E-state index in [0.29, 0.717) is 24.6 Å². The second kappa shape index (κ2) is 8.96. The maximum absolute atomic E-state index is 12.9. The lowest BCUT2D eigenvalue weighted by atomic mass is 10.1. The van der Waals surface area contributed by atoms with Gasteiger partial charge >= 0.3 is 0 Å². The number of anilines is 1. The third kappa shape index (κ3) is 4.32. The lowest BCUT2D eigenvalue weighted by Gasteiger charge is -2.37. The van der Waals surface area contributed by atoms with E-state index in [9.17, 15) is 9.59 Å². The van der Waals surface area contributed by atoms with Crippen LogP contribution in [-0.2, 0) is 9.53 Å². The third-order valence-electron chi connectivity index (χ3n) is 6.99. The normalized spacial score (nSPS) is 21.4. The number of nitrogens with zero attached hydrogens (tertiary/aromatic N) is 5. The van der Waals surface area contributed by atoms with Crippen LogP contribution < -0.4 is 10.5 Å². The molecule has 2 aliphatic heterocycles. The van der Waals surface area contributed by atoms with Gasteiger partial charge in [0.15, 0.2) is 0 Å². The molecule has 0 N–H and O–H groups in total. The first-order chi connectivity index (χ1) is 15.2. The van der Waals surface area contributed by atoms with Crippen molar-refractivity contribution in [3.63, 3.8) is 0 Å².